The number of amides is 1. The van der Waals surface area contributed by atoms with Crippen LogP contribution in [0.5, 0.6) is 0 Å². The highest BCUT2D eigenvalue weighted by Crippen LogP contribution is 2.15. The van der Waals surface area contributed by atoms with Gasteiger partial charge in [-0.1, -0.05) is 30.3 Å². The fourth-order valence-corrected chi connectivity index (χ4v) is 1.89. The van der Waals surface area contributed by atoms with E-state index in [2.05, 4.69) is 10.1 Å². The van der Waals surface area contributed by atoms with Crippen LogP contribution >= 0.6 is 0 Å². The van der Waals surface area contributed by atoms with Gasteiger partial charge in [0, 0.05) is 5.56 Å². The minimum atomic E-state index is -1.06. The van der Waals surface area contributed by atoms with Gasteiger partial charge in [0.25, 0.3) is 5.91 Å². The molecule has 0 aliphatic heterocycles. The van der Waals surface area contributed by atoms with Crippen molar-refractivity contribution in [2.45, 2.75) is 6.04 Å². The fraction of sp³-hybridized carbons (Fsp3) is 0.200. The van der Waals surface area contributed by atoms with E-state index in [1.807, 2.05) is 30.3 Å². The molecule has 0 saturated carbocycles. The van der Waals surface area contributed by atoms with Crippen molar-refractivity contribution < 1.29 is 19.4 Å². The predicted molar refractivity (Wildman–Crippen MR) is 74.3 cm³/mol. The molecule has 2 N–H and O–H groups in total. The van der Waals surface area contributed by atoms with Gasteiger partial charge in [-0.2, -0.15) is 0 Å². The summed E-state index contributed by atoms with van der Waals surface area (Å²) in [6.07, 6.45) is 0. The normalized spacial score (nSPS) is 11.9. The van der Waals surface area contributed by atoms with Gasteiger partial charge in [-0.3, -0.25) is 4.79 Å². The third kappa shape index (κ3) is 2.95. The quantitative estimate of drug-likeness (QED) is 0.818. The first-order valence-electron chi connectivity index (χ1n) is 6.14. The average Bonchev–Trinajstić information content (AvgIpc) is 2.51. The smallest absolute Gasteiger partial charge is 0.330 e. The summed E-state index contributed by atoms with van der Waals surface area (Å²) < 4.78 is 4.50. The number of esters is 1. The summed E-state index contributed by atoms with van der Waals surface area (Å²) in [5.74, 6) is -1.11. The molecular formula is C15H15NO4. The van der Waals surface area contributed by atoms with Gasteiger partial charge in [0.1, 0.15) is 0 Å². The van der Waals surface area contributed by atoms with Crippen molar-refractivity contribution in [1.29, 1.82) is 0 Å². The highest BCUT2D eigenvalue weighted by molar-refractivity contribution is 6.00. The molecule has 1 amide bonds. The SMILES string of the molecule is COC(=O)C(CO)NC(=O)c1ccc2ccccc2c1. The number of carbonyl (C=O) groups excluding carboxylic acids is 2. The highest BCUT2D eigenvalue weighted by atomic mass is 16.5. The topological polar surface area (TPSA) is 75.6 Å². The molecule has 0 radical (unpaired) electrons. The van der Waals surface area contributed by atoms with Crippen LogP contribution in [0.15, 0.2) is 42.5 Å². The number of ether oxygens (including phenoxy) is 1. The number of fused-ring (bicyclic) bond motifs is 1. The molecular weight excluding hydrogens is 258 g/mol. The molecule has 0 saturated heterocycles. The zero-order valence-corrected chi connectivity index (χ0v) is 11.0. The Morgan fingerprint density at radius 2 is 1.90 bits per heavy atom. The largest absolute Gasteiger partial charge is 0.467 e. The summed E-state index contributed by atoms with van der Waals surface area (Å²) in [6, 6.07) is 11.8. The number of hydrogen-bond donors (Lipinski definition) is 2. The zero-order chi connectivity index (χ0) is 14.5. The number of rotatable bonds is 4. The van der Waals surface area contributed by atoms with E-state index in [4.69, 9.17) is 5.11 Å². The van der Waals surface area contributed by atoms with E-state index in [0.717, 1.165) is 10.8 Å². The summed E-state index contributed by atoms with van der Waals surface area (Å²) in [5.41, 5.74) is 0.422. The molecule has 2 aromatic carbocycles. The summed E-state index contributed by atoms with van der Waals surface area (Å²) in [7, 11) is 1.20. The monoisotopic (exact) mass is 273 g/mol. The lowest BCUT2D eigenvalue weighted by atomic mass is 10.1. The standard InChI is InChI=1S/C15H15NO4/c1-20-15(19)13(9-17)16-14(18)12-7-6-10-4-2-3-5-11(10)8-12/h2-8,13,17H,9H2,1H3,(H,16,18). The predicted octanol–water partition coefficient (Wildman–Crippen LogP) is 1.10. The molecule has 20 heavy (non-hydrogen) atoms. The van der Waals surface area contributed by atoms with Gasteiger partial charge in [0.05, 0.1) is 13.7 Å². The molecule has 5 heteroatoms. The third-order valence-electron chi connectivity index (χ3n) is 2.99. The maximum atomic E-state index is 12.0. The van der Waals surface area contributed by atoms with Crippen molar-refractivity contribution in [1.82, 2.24) is 5.32 Å². The number of nitrogens with one attached hydrogen (secondary N) is 1. The molecule has 0 aliphatic rings. The van der Waals surface area contributed by atoms with Crippen LogP contribution in [-0.2, 0) is 9.53 Å². The van der Waals surface area contributed by atoms with Gasteiger partial charge in [0.15, 0.2) is 6.04 Å². The van der Waals surface area contributed by atoms with Crippen LogP contribution in [0.2, 0.25) is 0 Å². The number of methoxy groups -OCH3 is 1. The Labute approximate surface area is 116 Å². The van der Waals surface area contributed by atoms with Crippen LogP contribution in [0.4, 0.5) is 0 Å². The molecule has 0 bridgehead atoms. The van der Waals surface area contributed by atoms with Gasteiger partial charge < -0.3 is 15.2 Å². The van der Waals surface area contributed by atoms with Crippen LogP contribution in [0, 0.1) is 0 Å². The van der Waals surface area contributed by atoms with Crippen molar-refractivity contribution in [2.24, 2.45) is 0 Å². The molecule has 5 nitrogen and oxygen atoms in total. The number of aliphatic hydroxyl groups excluding tert-OH is 1. The molecule has 104 valence electrons. The van der Waals surface area contributed by atoms with Crippen LogP contribution in [0.3, 0.4) is 0 Å². The fourth-order valence-electron chi connectivity index (χ4n) is 1.89. The molecule has 0 spiro atoms. The highest BCUT2D eigenvalue weighted by Gasteiger charge is 2.21. The molecule has 2 rings (SSSR count). The van der Waals surface area contributed by atoms with Gasteiger partial charge in [-0.05, 0) is 22.9 Å². The Balaban J connectivity index is 2.20. The van der Waals surface area contributed by atoms with Crippen molar-refractivity contribution in [2.75, 3.05) is 13.7 Å². The van der Waals surface area contributed by atoms with Gasteiger partial charge in [0.2, 0.25) is 0 Å². The lowest BCUT2D eigenvalue weighted by Gasteiger charge is -2.14. The van der Waals surface area contributed by atoms with Crippen molar-refractivity contribution in [3.63, 3.8) is 0 Å². The second kappa shape index (κ2) is 6.16. The Kier molecular flexibility index (Phi) is 4.32. The summed E-state index contributed by atoms with van der Waals surface area (Å²) in [6.45, 7) is -0.508. The molecule has 0 aromatic heterocycles. The minimum Gasteiger partial charge on any atom is -0.467 e. The van der Waals surface area contributed by atoms with Crippen LogP contribution in [0.1, 0.15) is 10.4 Å². The van der Waals surface area contributed by atoms with Crippen molar-refractivity contribution >= 4 is 22.6 Å². The van der Waals surface area contributed by atoms with E-state index in [9.17, 15) is 9.59 Å². The van der Waals surface area contributed by atoms with E-state index in [1.165, 1.54) is 7.11 Å². The van der Waals surface area contributed by atoms with Crippen LogP contribution in [0.25, 0.3) is 10.8 Å². The van der Waals surface area contributed by atoms with Crippen LogP contribution in [-0.4, -0.2) is 36.7 Å². The van der Waals surface area contributed by atoms with E-state index in [0.29, 0.717) is 5.56 Å². The van der Waals surface area contributed by atoms with E-state index in [-0.39, 0.29) is 0 Å². The van der Waals surface area contributed by atoms with Crippen molar-refractivity contribution in [3.05, 3.63) is 48.0 Å². The molecule has 0 heterocycles. The number of hydrogen-bond acceptors (Lipinski definition) is 4. The number of carbonyl (C=O) groups is 2. The number of aliphatic hydroxyl groups is 1. The first-order chi connectivity index (χ1) is 9.65. The zero-order valence-electron chi connectivity index (χ0n) is 11.0. The second-order valence-corrected chi connectivity index (χ2v) is 4.29. The first kappa shape index (κ1) is 14.0. The maximum Gasteiger partial charge on any atom is 0.330 e. The van der Waals surface area contributed by atoms with Gasteiger partial charge in [-0.25, -0.2) is 4.79 Å². The lowest BCUT2D eigenvalue weighted by molar-refractivity contribution is -0.143. The molecule has 0 fully saturated rings. The summed E-state index contributed by atoms with van der Waals surface area (Å²) in [5, 5.41) is 13.5. The Hall–Kier alpha value is -2.40. The number of benzene rings is 2. The maximum absolute atomic E-state index is 12.0. The summed E-state index contributed by atoms with van der Waals surface area (Å²) >= 11 is 0. The van der Waals surface area contributed by atoms with E-state index in [1.54, 1.807) is 12.1 Å². The third-order valence-corrected chi connectivity index (χ3v) is 2.99. The lowest BCUT2D eigenvalue weighted by Crippen LogP contribution is -2.44. The van der Waals surface area contributed by atoms with Crippen LogP contribution < -0.4 is 5.32 Å². The van der Waals surface area contributed by atoms with E-state index < -0.39 is 24.5 Å². The molecule has 1 atom stereocenters. The van der Waals surface area contributed by atoms with E-state index >= 15 is 0 Å². The van der Waals surface area contributed by atoms with Gasteiger partial charge in [-0.15, -0.1) is 0 Å². The second-order valence-electron chi connectivity index (χ2n) is 4.29. The molecule has 2 aromatic rings. The summed E-state index contributed by atoms with van der Waals surface area (Å²) in [4.78, 5) is 23.4. The van der Waals surface area contributed by atoms with Gasteiger partial charge >= 0.3 is 5.97 Å². The minimum absolute atomic E-state index is 0.422. The average molecular weight is 273 g/mol. The Morgan fingerprint density at radius 1 is 1.20 bits per heavy atom. The molecule has 0 aliphatic carbocycles. The Morgan fingerprint density at radius 3 is 2.55 bits per heavy atom. The van der Waals surface area contributed by atoms with Crippen molar-refractivity contribution in [3.8, 4) is 0 Å². The first-order valence-corrected chi connectivity index (χ1v) is 6.14. The Bertz CT molecular complexity index is 639. The molecule has 1 unspecified atom stereocenters.